The Bertz CT molecular complexity index is 192. The quantitative estimate of drug-likeness (QED) is 0.603. The third-order valence-corrected chi connectivity index (χ3v) is 2.33. The lowest BCUT2D eigenvalue weighted by Crippen LogP contribution is -2.30. The molecule has 0 aliphatic carbocycles. The lowest BCUT2D eigenvalue weighted by molar-refractivity contribution is -0.171. The van der Waals surface area contributed by atoms with E-state index in [9.17, 15) is 4.79 Å². The molecule has 2 atom stereocenters. The maximum absolute atomic E-state index is 10.5. The molecule has 5 nitrogen and oxygen atoms in total. The van der Waals surface area contributed by atoms with Gasteiger partial charge in [-0.3, -0.25) is 0 Å². The van der Waals surface area contributed by atoms with Gasteiger partial charge in [-0.2, -0.15) is 0 Å². The summed E-state index contributed by atoms with van der Waals surface area (Å²) in [5, 5.41) is 0. The highest BCUT2D eigenvalue weighted by atomic mass is 16.8. The predicted octanol–water partition coefficient (Wildman–Crippen LogP) is 0.368. The largest absolute Gasteiger partial charge is 0.382 e. The average Bonchev–Trinajstić information content (AvgIpc) is 2.45. The molecule has 88 valence electrons. The van der Waals surface area contributed by atoms with E-state index in [2.05, 4.69) is 0 Å². The van der Waals surface area contributed by atoms with E-state index in [0.29, 0.717) is 13.2 Å². The number of hydrogen-bond acceptors (Lipinski definition) is 5. The van der Waals surface area contributed by atoms with Gasteiger partial charge in [0.15, 0.2) is 5.79 Å². The Labute approximate surface area is 89.6 Å². The first-order valence-corrected chi connectivity index (χ1v) is 4.92. The van der Waals surface area contributed by atoms with Crippen molar-refractivity contribution in [2.75, 3.05) is 27.4 Å². The van der Waals surface area contributed by atoms with Gasteiger partial charge in [0.05, 0.1) is 19.6 Å². The maximum Gasteiger partial charge on any atom is 0.173 e. The summed E-state index contributed by atoms with van der Waals surface area (Å²) in [5.41, 5.74) is 0. The van der Waals surface area contributed by atoms with E-state index >= 15 is 0 Å². The number of rotatable bonds is 6. The summed E-state index contributed by atoms with van der Waals surface area (Å²) in [6.45, 7) is 2.62. The van der Waals surface area contributed by atoms with E-state index in [1.54, 1.807) is 21.1 Å². The van der Waals surface area contributed by atoms with Gasteiger partial charge >= 0.3 is 0 Å². The van der Waals surface area contributed by atoms with E-state index in [-0.39, 0.29) is 18.6 Å². The molecule has 1 fully saturated rings. The van der Waals surface area contributed by atoms with Gasteiger partial charge in [-0.1, -0.05) is 0 Å². The molecule has 0 unspecified atom stereocenters. The van der Waals surface area contributed by atoms with Crippen molar-refractivity contribution in [1.82, 2.24) is 0 Å². The van der Waals surface area contributed by atoms with Crippen molar-refractivity contribution in [2.24, 2.45) is 0 Å². The third kappa shape index (κ3) is 3.24. The number of carbonyl (C=O) groups excluding carboxylic acids is 1. The van der Waals surface area contributed by atoms with Crippen LogP contribution in [0.1, 0.15) is 13.3 Å². The van der Waals surface area contributed by atoms with Gasteiger partial charge in [0.25, 0.3) is 0 Å². The third-order valence-electron chi connectivity index (χ3n) is 2.33. The lowest BCUT2D eigenvalue weighted by atomic mass is 10.2. The summed E-state index contributed by atoms with van der Waals surface area (Å²) in [7, 11) is 3.20. The first-order valence-electron chi connectivity index (χ1n) is 4.92. The van der Waals surface area contributed by atoms with Crippen molar-refractivity contribution in [3.05, 3.63) is 0 Å². The second-order valence-corrected chi connectivity index (χ2v) is 3.73. The Hall–Kier alpha value is -0.490. The van der Waals surface area contributed by atoms with Crippen LogP contribution in [0.5, 0.6) is 0 Å². The molecular weight excluding hydrogens is 200 g/mol. The Morgan fingerprint density at radius 2 is 1.67 bits per heavy atom. The molecule has 0 aromatic carbocycles. The van der Waals surface area contributed by atoms with Crippen molar-refractivity contribution in [2.45, 2.75) is 31.3 Å². The standard InChI is InChI=1S/C10H18O5/c1-10(4-5-11)14-8(6-12-2)9(15-10)7-13-3/h5,8-9H,4,6-7H2,1-3H3/t8-,9-/m0/s1. The minimum atomic E-state index is -0.839. The molecule has 15 heavy (non-hydrogen) atoms. The summed E-state index contributed by atoms with van der Waals surface area (Å²) < 4.78 is 21.3. The van der Waals surface area contributed by atoms with Crippen LogP contribution < -0.4 is 0 Å². The number of ether oxygens (including phenoxy) is 4. The molecule has 1 aliphatic heterocycles. The van der Waals surface area contributed by atoms with Crippen LogP contribution >= 0.6 is 0 Å². The summed E-state index contributed by atoms with van der Waals surface area (Å²) >= 11 is 0. The zero-order valence-electron chi connectivity index (χ0n) is 9.39. The highest BCUT2D eigenvalue weighted by Gasteiger charge is 2.43. The van der Waals surface area contributed by atoms with Crippen LogP contribution in [-0.2, 0) is 23.7 Å². The predicted molar refractivity (Wildman–Crippen MR) is 52.6 cm³/mol. The molecule has 1 saturated heterocycles. The average molecular weight is 218 g/mol. The van der Waals surface area contributed by atoms with E-state index in [1.807, 2.05) is 0 Å². The second-order valence-electron chi connectivity index (χ2n) is 3.73. The molecule has 0 aromatic heterocycles. The summed E-state index contributed by atoms with van der Waals surface area (Å²) in [6.07, 6.45) is 0.645. The fraction of sp³-hybridized carbons (Fsp3) is 0.900. The maximum atomic E-state index is 10.5. The van der Waals surface area contributed by atoms with Gasteiger partial charge in [-0.25, -0.2) is 0 Å². The van der Waals surface area contributed by atoms with Gasteiger partial charge in [-0.05, 0) is 6.92 Å². The van der Waals surface area contributed by atoms with Gasteiger partial charge in [-0.15, -0.1) is 0 Å². The van der Waals surface area contributed by atoms with E-state index in [4.69, 9.17) is 18.9 Å². The van der Waals surface area contributed by atoms with Gasteiger partial charge < -0.3 is 23.7 Å². The monoisotopic (exact) mass is 218 g/mol. The Balaban J connectivity index is 2.58. The zero-order valence-corrected chi connectivity index (χ0v) is 9.39. The molecule has 1 aliphatic rings. The molecule has 0 radical (unpaired) electrons. The molecule has 1 rings (SSSR count). The summed E-state index contributed by atoms with van der Waals surface area (Å²) in [4.78, 5) is 10.5. The van der Waals surface area contributed by atoms with Gasteiger partial charge in [0, 0.05) is 14.2 Å². The second kappa shape index (κ2) is 5.55. The van der Waals surface area contributed by atoms with E-state index in [0.717, 1.165) is 6.29 Å². The van der Waals surface area contributed by atoms with Crippen LogP contribution in [0.3, 0.4) is 0 Å². The Kier molecular flexibility index (Phi) is 4.66. The van der Waals surface area contributed by atoms with Crippen LogP contribution in [0.4, 0.5) is 0 Å². The zero-order chi connectivity index (χ0) is 11.3. The molecular formula is C10H18O5. The minimum absolute atomic E-state index is 0.181. The molecule has 0 saturated carbocycles. The van der Waals surface area contributed by atoms with Crippen molar-refractivity contribution >= 4 is 6.29 Å². The first kappa shape index (κ1) is 12.6. The molecule has 0 N–H and O–H groups in total. The van der Waals surface area contributed by atoms with Crippen LogP contribution in [0, 0.1) is 0 Å². The van der Waals surface area contributed by atoms with Crippen molar-refractivity contribution in [3.63, 3.8) is 0 Å². The Morgan fingerprint density at radius 1 is 1.20 bits per heavy atom. The van der Waals surface area contributed by atoms with Crippen LogP contribution in [0.15, 0.2) is 0 Å². The first-order chi connectivity index (χ1) is 7.15. The fourth-order valence-electron chi connectivity index (χ4n) is 1.68. The van der Waals surface area contributed by atoms with Crippen molar-refractivity contribution < 1.29 is 23.7 Å². The molecule has 1 heterocycles. The normalized spacial score (nSPS) is 29.3. The number of carbonyl (C=O) groups is 1. The fourth-order valence-corrected chi connectivity index (χ4v) is 1.68. The molecule has 0 aromatic rings. The number of methoxy groups -OCH3 is 2. The van der Waals surface area contributed by atoms with Crippen LogP contribution in [-0.4, -0.2) is 51.7 Å². The summed E-state index contributed by atoms with van der Waals surface area (Å²) in [6, 6.07) is 0. The van der Waals surface area contributed by atoms with Gasteiger partial charge in [0.1, 0.15) is 18.5 Å². The molecule has 5 heteroatoms. The highest BCUT2D eigenvalue weighted by molar-refractivity contribution is 5.50. The number of aldehydes is 1. The Morgan fingerprint density at radius 3 is 2.00 bits per heavy atom. The lowest BCUT2D eigenvalue weighted by Gasteiger charge is -2.20. The van der Waals surface area contributed by atoms with E-state index in [1.165, 1.54) is 0 Å². The molecule has 0 amide bonds. The number of hydrogen-bond donors (Lipinski definition) is 0. The molecule has 0 bridgehead atoms. The van der Waals surface area contributed by atoms with E-state index < -0.39 is 5.79 Å². The summed E-state index contributed by atoms with van der Waals surface area (Å²) in [5.74, 6) is -0.839. The van der Waals surface area contributed by atoms with Crippen molar-refractivity contribution in [3.8, 4) is 0 Å². The van der Waals surface area contributed by atoms with Crippen LogP contribution in [0.2, 0.25) is 0 Å². The SMILES string of the molecule is COC[C@@H]1OC(C)(CC=O)O[C@H]1COC. The van der Waals surface area contributed by atoms with Crippen LogP contribution in [0.25, 0.3) is 0 Å². The molecule has 0 spiro atoms. The van der Waals surface area contributed by atoms with Crippen molar-refractivity contribution in [1.29, 1.82) is 0 Å². The minimum Gasteiger partial charge on any atom is -0.382 e. The topological polar surface area (TPSA) is 54.0 Å². The highest BCUT2D eigenvalue weighted by Crippen LogP contribution is 2.31. The smallest absolute Gasteiger partial charge is 0.173 e. The van der Waals surface area contributed by atoms with Gasteiger partial charge in [0.2, 0.25) is 0 Å².